The molecule has 5 aromatic rings. The Morgan fingerprint density at radius 2 is 1.66 bits per heavy atom. The summed E-state index contributed by atoms with van der Waals surface area (Å²) in [5, 5.41) is 16.2. The third-order valence-electron chi connectivity index (χ3n) is 14.5. The van der Waals surface area contributed by atoms with Crippen LogP contribution in [0.5, 0.6) is 0 Å². The van der Waals surface area contributed by atoms with E-state index in [4.69, 9.17) is 5.10 Å². The van der Waals surface area contributed by atoms with Crippen LogP contribution in [0.1, 0.15) is 96.4 Å². The zero-order valence-electron chi connectivity index (χ0n) is 37.4. The molecule has 3 fully saturated rings. The number of alkyl halides is 2. The monoisotopic (exact) mass is 887 g/mol. The van der Waals surface area contributed by atoms with Gasteiger partial charge in [-0.15, -0.1) is 5.10 Å². The largest absolute Gasteiger partial charge is 0.372 e. The molecule has 5 aliphatic heterocycles. The third kappa shape index (κ3) is 7.90. The standard InChI is InChI=1S/C48H55F2N11O4/c1-28-21-42-44(53-52-28)38(26-55(42)3)36-8-5-33(23-37(36)45(49)50)56(4)46-39-27-59(29(2)62)20-15-40(39)61(54-46)32-13-16-57(17-14-32)24-30-11-18-58(19-12-30)34-6-7-35-31(22-34)25-60(48(35)65)41-9-10-43(63)51-47(41)64/h5-8,21-23,26,30,32,41,45H,9-20,24-25,27H2,1-4H3,(H,51,63,64). The van der Waals surface area contributed by atoms with Gasteiger partial charge < -0.3 is 29.1 Å². The zero-order chi connectivity index (χ0) is 45.3. The SMILES string of the molecule is CC(=O)N1CCc2c(c(N(C)c3ccc(-c4cn(C)c5cc(C)nnc45)c(C(F)F)c3)nn2C2CCN(CC3CCN(c4ccc5c(c4)CN(C4CCC(=O)NC4=O)C5=O)CC3)CC2)C1. The zero-order valence-corrected chi connectivity index (χ0v) is 37.4. The van der Waals surface area contributed by atoms with Crippen molar-refractivity contribution >= 4 is 51.9 Å². The predicted molar refractivity (Wildman–Crippen MR) is 241 cm³/mol. The number of imide groups is 1. The normalized spacial score (nSPS) is 20.0. The summed E-state index contributed by atoms with van der Waals surface area (Å²) in [7, 11) is 3.74. The molecular weight excluding hydrogens is 833 g/mol. The van der Waals surface area contributed by atoms with Gasteiger partial charge in [0, 0.05) is 125 Å². The Bertz CT molecular complexity index is 2720. The summed E-state index contributed by atoms with van der Waals surface area (Å²) in [6.07, 6.45) is 4.37. The summed E-state index contributed by atoms with van der Waals surface area (Å²) >= 11 is 0. The number of anilines is 3. The maximum Gasteiger partial charge on any atom is 0.264 e. The molecule has 340 valence electrons. The van der Waals surface area contributed by atoms with Gasteiger partial charge in [-0.05, 0) is 92.5 Å². The van der Waals surface area contributed by atoms with E-state index < -0.39 is 18.4 Å². The van der Waals surface area contributed by atoms with Crippen molar-refractivity contribution in [1.82, 2.24) is 44.6 Å². The molecule has 1 unspecified atom stereocenters. The maximum atomic E-state index is 14.9. The first kappa shape index (κ1) is 42.7. The molecule has 1 N–H and O–H groups in total. The molecule has 8 heterocycles. The van der Waals surface area contributed by atoms with Gasteiger partial charge in [-0.1, -0.05) is 6.07 Å². The predicted octanol–water partition coefficient (Wildman–Crippen LogP) is 6.06. The minimum atomic E-state index is -2.73. The fraction of sp³-hybridized carbons (Fsp3) is 0.479. The van der Waals surface area contributed by atoms with Crippen LogP contribution in [0, 0.1) is 12.8 Å². The van der Waals surface area contributed by atoms with E-state index in [1.54, 1.807) is 24.0 Å². The first-order valence-electron chi connectivity index (χ1n) is 22.9. The summed E-state index contributed by atoms with van der Waals surface area (Å²) in [6.45, 7) is 9.62. The van der Waals surface area contributed by atoms with E-state index in [1.165, 1.54) is 0 Å². The Hall–Kier alpha value is -6.23. The van der Waals surface area contributed by atoms with Crippen molar-refractivity contribution in [2.24, 2.45) is 13.0 Å². The lowest BCUT2D eigenvalue weighted by Gasteiger charge is -2.39. The quantitative estimate of drug-likeness (QED) is 0.173. The highest BCUT2D eigenvalue weighted by Gasteiger charge is 2.40. The fourth-order valence-corrected chi connectivity index (χ4v) is 10.9. The van der Waals surface area contributed by atoms with Crippen LogP contribution in [0.2, 0.25) is 0 Å². The van der Waals surface area contributed by atoms with Crippen molar-refractivity contribution in [3.8, 4) is 11.1 Å². The van der Waals surface area contributed by atoms with Crippen molar-refractivity contribution < 1.29 is 28.0 Å². The smallest absolute Gasteiger partial charge is 0.264 e. The molecule has 0 bridgehead atoms. The Balaban J connectivity index is 0.798. The van der Waals surface area contributed by atoms with E-state index in [0.29, 0.717) is 72.1 Å². The lowest BCUT2D eigenvalue weighted by atomic mass is 9.94. The molecule has 3 aromatic heterocycles. The Kier molecular flexibility index (Phi) is 11.1. The number of nitrogens with one attached hydrogen (secondary N) is 1. The molecule has 0 saturated carbocycles. The lowest BCUT2D eigenvalue weighted by molar-refractivity contribution is -0.137. The minimum Gasteiger partial charge on any atom is -0.372 e. The van der Waals surface area contributed by atoms with Crippen LogP contribution in [-0.2, 0) is 40.9 Å². The van der Waals surface area contributed by atoms with Crippen LogP contribution in [0.3, 0.4) is 0 Å². The van der Waals surface area contributed by atoms with Crippen molar-refractivity contribution in [3.63, 3.8) is 0 Å². The van der Waals surface area contributed by atoms with Gasteiger partial charge in [-0.3, -0.25) is 29.2 Å². The number of aryl methyl sites for hydroxylation is 2. The highest BCUT2D eigenvalue weighted by atomic mass is 19.3. The van der Waals surface area contributed by atoms with Gasteiger partial charge in [-0.2, -0.15) is 10.2 Å². The molecule has 5 aliphatic rings. The molecule has 0 aliphatic carbocycles. The maximum absolute atomic E-state index is 14.9. The van der Waals surface area contributed by atoms with Crippen LogP contribution >= 0.6 is 0 Å². The second-order valence-corrected chi connectivity index (χ2v) is 18.6. The van der Waals surface area contributed by atoms with Crippen LogP contribution in [0.25, 0.3) is 22.2 Å². The second-order valence-electron chi connectivity index (χ2n) is 18.6. The molecule has 0 spiro atoms. The number of nitrogens with zero attached hydrogens (tertiary/aromatic N) is 10. The van der Waals surface area contributed by atoms with Crippen LogP contribution in [-0.4, -0.2) is 115 Å². The fourth-order valence-electron chi connectivity index (χ4n) is 10.9. The summed E-state index contributed by atoms with van der Waals surface area (Å²) in [5.41, 5.74) is 8.38. The number of hydrogen-bond donors (Lipinski definition) is 1. The number of benzene rings is 2. The van der Waals surface area contributed by atoms with E-state index in [9.17, 15) is 28.0 Å². The summed E-state index contributed by atoms with van der Waals surface area (Å²) in [4.78, 5) is 60.4. The van der Waals surface area contributed by atoms with E-state index in [2.05, 4.69) is 36.1 Å². The average Bonchev–Trinajstić information content (AvgIpc) is 3.96. The molecule has 15 nitrogen and oxygen atoms in total. The molecule has 10 rings (SSSR count). The lowest BCUT2D eigenvalue weighted by Crippen LogP contribution is -2.52. The molecule has 65 heavy (non-hydrogen) atoms. The topological polar surface area (TPSA) is 145 Å². The number of carbonyl (C=O) groups is 4. The average molecular weight is 888 g/mol. The molecule has 3 saturated heterocycles. The van der Waals surface area contributed by atoms with Gasteiger partial charge in [0.2, 0.25) is 17.7 Å². The number of carbonyl (C=O) groups excluding carboxylic acids is 4. The molecule has 0 radical (unpaired) electrons. The third-order valence-corrected chi connectivity index (χ3v) is 14.5. The van der Waals surface area contributed by atoms with E-state index in [-0.39, 0.29) is 35.7 Å². The first-order valence-corrected chi connectivity index (χ1v) is 22.9. The highest BCUT2D eigenvalue weighted by Crippen LogP contribution is 2.41. The molecule has 17 heteroatoms. The van der Waals surface area contributed by atoms with E-state index >= 15 is 0 Å². The summed E-state index contributed by atoms with van der Waals surface area (Å²) in [5.74, 6) is 0.406. The number of hydrogen-bond acceptors (Lipinski definition) is 10. The summed E-state index contributed by atoms with van der Waals surface area (Å²) < 4.78 is 33.9. The Morgan fingerprint density at radius 1 is 0.892 bits per heavy atom. The van der Waals surface area contributed by atoms with Crippen LogP contribution in [0.4, 0.5) is 26.0 Å². The second kappa shape index (κ2) is 17.0. The number of halogens is 2. The Labute approximate surface area is 376 Å². The number of amides is 4. The van der Waals surface area contributed by atoms with Gasteiger partial charge in [0.25, 0.3) is 12.3 Å². The molecule has 1 atom stereocenters. The van der Waals surface area contributed by atoms with Gasteiger partial charge in [0.05, 0.1) is 23.8 Å². The van der Waals surface area contributed by atoms with E-state index in [1.807, 2.05) is 65.8 Å². The molecule has 2 aromatic carbocycles. The van der Waals surface area contributed by atoms with Gasteiger partial charge >= 0.3 is 0 Å². The number of likely N-dealkylation sites (tertiary alicyclic amines) is 1. The molecular formula is C48H55F2N11O4. The van der Waals surface area contributed by atoms with Crippen LogP contribution in [0.15, 0.2) is 48.7 Å². The van der Waals surface area contributed by atoms with E-state index in [0.717, 1.165) is 92.1 Å². The van der Waals surface area contributed by atoms with Gasteiger partial charge in [0.1, 0.15) is 11.6 Å². The van der Waals surface area contributed by atoms with Crippen LogP contribution < -0.4 is 15.1 Å². The van der Waals surface area contributed by atoms with Crippen molar-refractivity contribution in [2.75, 3.05) is 56.1 Å². The molecule has 4 amide bonds. The summed E-state index contributed by atoms with van der Waals surface area (Å²) in [6, 6.07) is 12.6. The van der Waals surface area contributed by atoms with Crippen molar-refractivity contribution in [3.05, 3.63) is 82.3 Å². The van der Waals surface area contributed by atoms with Crippen molar-refractivity contribution in [2.45, 2.75) is 90.4 Å². The minimum absolute atomic E-state index is 0.00370. The van der Waals surface area contributed by atoms with Gasteiger partial charge in [0.15, 0.2) is 5.82 Å². The van der Waals surface area contributed by atoms with Crippen molar-refractivity contribution in [1.29, 1.82) is 0 Å². The number of piperidine rings is 3. The highest BCUT2D eigenvalue weighted by molar-refractivity contribution is 6.05. The number of rotatable bonds is 9. The number of aromatic nitrogens is 5. The Morgan fingerprint density at radius 3 is 2.40 bits per heavy atom. The van der Waals surface area contributed by atoms with Gasteiger partial charge in [-0.25, -0.2) is 8.78 Å². The number of fused-ring (bicyclic) bond motifs is 3. The first-order chi connectivity index (χ1) is 31.3.